The number of hydrogen-bond acceptors (Lipinski definition) is 3. The van der Waals surface area contributed by atoms with Crippen LogP contribution in [0.25, 0.3) is 0 Å². The smallest absolute Gasteiger partial charge is 0.261 e. The maximum atomic E-state index is 11.7. The molecule has 0 bridgehead atoms. The molecule has 0 aliphatic carbocycles. The van der Waals surface area contributed by atoms with Gasteiger partial charge in [0.1, 0.15) is 12.4 Å². The molecule has 2 rings (SSSR count). The fourth-order valence-corrected chi connectivity index (χ4v) is 2.52. The molecule has 0 fully saturated rings. The van der Waals surface area contributed by atoms with Crippen molar-refractivity contribution in [1.82, 2.24) is 5.32 Å². The second-order valence-corrected chi connectivity index (χ2v) is 6.80. The van der Waals surface area contributed by atoms with Gasteiger partial charge in [0.25, 0.3) is 5.91 Å². The molecule has 0 saturated carbocycles. The van der Waals surface area contributed by atoms with Crippen LogP contribution in [0.2, 0.25) is 0 Å². The quantitative estimate of drug-likeness (QED) is 0.852. The van der Waals surface area contributed by atoms with E-state index in [4.69, 9.17) is 4.74 Å². The van der Waals surface area contributed by atoms with Crippen LogP contribution in [0.3, 0.4) is 0 Å². The van der Waals surface area contributed by atoms with Gasteiger partial charge in [0, 0.05) is 0 Å². The lowest BCUT2D eigenvalue weighted by Gasteiger charge is -2.19. The van der Waals surface area contributed by atoms with Gasteiger partial charge < -0.3 is 10.1 Å². The van der Waals surface area contributed by atoms with Gasteiger partial charge in [-0.3, -0.25) is 4.79 Å². The van der Waals surface area contributed by atoms with Gasteiger partial charge in [0.2, 0.25) is 0 Å². The third kappa shape index (κ3) is 4.60. The molecule has 2 aromatic rings. The zero-order valence-electron chi connectivity index (χ0n) is 12.7. The number of nitrogens with one attached hydrogen (secondary N) is 1. The van der Waals surface area contributed by atoms with Crippen LogP contribution in [0.4, 0.5) is 0 Å². The Kier molecular flexibility index (Phi) is 5.02. The second kappa shape index (κ2) is 6.76. The third-order valence-electron chi connectivity index (χ3n) is 3.12. The van der Waals surface area contributed by atoms with Gasteiger partial charge in [-0.05, 0) is 34.6 Å². The van der Waals surface area contributed by atoms with Gasteiger partial charge in [-0.2, -0.15) is 0 Å². The summed E-state index contributed by atoms with van der Waals surface area (Å²) < 4.78 is 5.63. The molecule has 0 atom stereocenters. The van der Waals surface area contributed by atoms with Crippen molar-refractivity contribution in [2.24, 2.45) is 0 Å². The molecule has 0 radical (unpaired) electrons. The average molecular weight is 303 g/mol. The molecule has 1 heterocycles. The zero-order chi connectivity index (χ0) is 15.3. The molecule has 3 nitrogen and oxygen atoms in total. The number of hydrogen-bond donors (Lipinski definition) is 1. The lowest BCUT2D eigenvalue weighted by atomic mass is 9.87. The fraction of sp³-hybridized carbons (Fsp3) is 0.353. The van der Waals surface area contributed by atoms with E-state index in [0.717, 1.165) is 10.6 Å². The molecule has 0 spiro atoms. The standard InChI is InChI=1S/C17H21NO2S/c1-17(2,3)13-6-8-14(9-7-13)20-11-10-18-16(19)15-5-4-12-21-15/h4-9,12H,10-11H2,1-3H3,(H,18,19). The maximum absolute atomic E-state index is 11.7. The van der Waals surface area contributed by atoms with Gasteiger partial charge >= 0.3 is 0 Å². The molecule has 0 aliphatic rings. The first-order valence-electron chi connectivity index (χ1n) is 7.02. The number of thiophene rings is 1. The Morgan fingerprint density at radius 2 is 1.90 bits per heavy atom. The lowest BCUT2D eigenvalue weighted by Crippen LogP contribution is -2.27. The van der Waals surface area contributed by atoms with Crippen LogP contribution in [0.15, 0.2) is 41.8 Å². The van der Waals surface area contributed by atoms with E-state index in [1.807, 2.05) is 29.6 Å². The highest BCUT2D eigenvalue weighted by Crippen LogP contribution is 2.24. The molecule has 112 valence electrons. The van der Waals surface area contributed by atoms with Crippen LogP contribution in [-0.4, -0.2) is 19.1 Å². The zero-order valence-corrected chi connectivity index (χ0v) is 13.5. The number of amides is 1. The summed E-state index contributed by atoms with van der Waals surface area (Å²) in [5.74, 6) is 0.782. The van der Waals surface area contributed by atoms with E-state index in [9.17, 15) is 4.79 Å². The van der Waals surface area contributed by atoms with E-state index >= 15 is 0 Å². The van der Waals surface area contributed by atoms with E-state index < -0.39 is 0 Å². The maximum Gasteiger partial charge on any atom is 0.261 e. The van der Waals surface area contributed by atoms with Gasteiger partial charge in [-0.15, -0.1) is 11.3 Å². The molecule has 1 N–H and O–H groups in total. The van der Waals surface area contributed by atoms with Crippen molar-refractivity contribution in [2.75, 3.05) is 13.2 Å². The first-order valence-corrected chi connectivity index (χ1v) is 7.90. The van der Waals surface area contributed by atoms with E-state index in [0.29, 0.717) is 13.2 Å². The first kappa shape index (κ1) is 15.6. The van der Waals surface area contributed by atoms with Gasteiger partial charge in [0.15, 0.2) is 0 Å². The molecule has 1 aromatic carbocycles. The summed E-state index contributed by atoms with van der Waals surface area (Å²) in [5.41, 5.74) is 1.42. The topological polar surface area (TPSA) is 38.3 Å². The minimum Gasteiger partial charge on any atom is -0.492 e. The summed E-state index contributed by atoms with van der Waals surface area (Å²) in [6.45, 7) is 7.51. The second-order valence-electron chi connectivity index (χ2n) is 5.86. The van der Waals surface area contributed by atoms with Crippen LogP contribution >= 0.6 is 11.3 Å². The van der Waals surface area contributed by atoms with Gasteiger partial charge in [-0.1, -0.05) is 39.0 Å². The first-order chi connectivity index (χ1) is 9.97. The molecule has 1 aromatic heterocycles. The van der Waals surface area contributed by atoms with Crippen molar-refractivity contribution in [2.45, 2.75) is 26.2 Å². The molecule has 0 unspecified atom stereocenters. The Labute approximate surface area is 130 Å². The Balaban J connectivity index is 1.75. The van der Waals surface area contributed by atoms with Gasteiger partial charge in [0.05, 0.1) is 11.4 Å². The Hall–Kier alpha value is -1.81. The fourth-order valence-electron chi connectivity index (χ4n) is 1.88. The summed E-state index contributed by atoms with van der Waals surface area (Å²) in [6.07, 6.45) is 0. The van der Waals surface area contributed by atoms with Crippen molar-refractivity contribution in [1.29, 1.82) is 0 Å². The van der Waals surface area contributed by atoms with E-state index in [2.05, 4.69) is 38.2 Å². The molecule has 21 heavy (non-hydrogen) atoms. The minimum absolute atomic E-state index is 0.0447. The van der Waals surface area contributed by atoms with Crippen molar-refractivity contribution in [3.8, 4) is 5.75 Å². The van der Waals surface area contributed by atoms with Crippen LogP contribution < -0.4 is 10.1 Å². The monoisotopic (exact) mass is 303 g/mol. The van der Waals surface area contributed by atoms with E-state index in [1.54, 1.807) is 0 Å². The summed E-state index contributed by atoms with van der Waals surface area (Å²) in [7, 11) is 0. The van der Waals surface area contributed by atoms with Crippen molar-refractivity contribution in [3.63, 3.8) is 0 Å². The van der Waals surface area contributed by atoms with Crippen LogP contribution in [0.5, 0.6) is 5.75 Å². The predicted molar refractivity (Wildman–Crippen MR) is 87.3 cm³/mol. The van der Waals surface area contributed by atoms with Crippen LogP contribution in [-0.2, 0) is 5.41 Å². The van der Waals surface area contributed by atoms with Gasteiger partial charge in [-0.25, -0.2) is 0 Å². The molecule has 1 amide bonds. The SMILES string of the molecule is CC(C)(C)c1ccc(OCCNC(=O)c2cccs2)cc1. The molecular formula is C17H21NO2S. The van der Waals surface area contributed by atoms with Crippen molar-refractivity contribution in [3.05, 3.63) is 52.2 Å². The van der Waals surface area contributed by atoms with Crippen molar-refractivity contribution >= 4 is 17.2 Å². The molecule has 0 saturated heterocycles. The highest BCUT2D eigenvalue weighted by Gasteiger charge is 2.12. The number of carbonyl (C=O) groups is 1. The number of ether oxygens (including phenoxy) is 1. The number of carbonyl (C=O) groups excluding carboxylic acids is 1. The average Bonchev–Trinajstić information content (AvgIpc) is 2.97. The number of rotatable bonds is 5. The minimum atomic E-state index is -0.0447. The Morgan fingerprint density at radius 3 is 2.48 bits per heavy atom. The van der Waals surface area contributed by atoms with E-state index in [-0.39, 0.29) is 11.3 Å². The summed E-state index contributed by atoms with van der Waals surface area (Å²) in [5, 5.41) is 4.73. The highest BCUT2D eigenvalue weighted by molar-refractivity contribution is 7.12. The molecular weight excluding hydrogens is 282 g/mol. The molecule has 0 aliphatic heterocycles. The predicted octanol–water partition coefficient (Wildman–Crippen LogP) is 3.85. The summed E-state index contributed by atoms with van der Waals surface area (Å²) >= 11 is 1.44. The Bertz CT molecular complexity index is 568. The molecule has 4 heteroatoms. The van der Waals surface area contributed by atoms with E-state index in [1.165, 1.54) is 16.9 Å². The highest BCUT2D eigenvalue weighted by atomic mass is 32.1. The normalized spacial score (nSPS) is 11.2. The summed E-state index contributed by atoms with van der Waals surface area (Å²) in [6, 6.07) is 11.8. The largest absolute Gasteiger partial charge is 0.492 e. The van der Waals surface area contributed by atoms with Crippen LogP contribution in [0.1, 0.15) is 36.0 Å². The van der Waals surface area contributed by atoms with Crippen molar-refractivity contribution < 1.29 is 9.53 Å². The third-order valence-corrected chi connectivity index (χ3v) is 3.99. The lowest BCUT2D eigenvalue weighted by molar-refractivity contribution is 0.0951. The van der Waals surface area contributed by atoms with Crippen LogP contribution in [0, 0.1) is 0 Å². The number of benzene rings is 1. The Morgan fingerprint density at radius 1 is 1.19 bits per heavy atom. The summed E-state index contributed by atoms with van der Waals surface area (Å²) in [4.78, 5) is 12.4.